The predicted octanol–water partition coefficient (Wildman–Crippen LogP) is 2.68. The van der Waals surface area contributed by atoms with Crippen molar-refractivity contribution in [3.8, 4) is 5.75 Å². The number of aromatic amines is 1. The first-order chi connectivity index (χ1) is 13.1. The maximum absolute atomic E-state index is 12.7. The third-order valence-electron chi connectivity index (χ3n) is 5.16. The number of imidazole rings is 1. The Hall–Kier alpha value is -2.86. The maximum atomic E-state index is 12.7. The lowest BCUT2D eigenvalue weighted by atomic mass is 10.0. The second-order valence-corrected chi connectivity index (χ2v) is 7.09. The first-order valence-corrected chi connectivity index (χ1v) is 9.34. The first kappa shape index (κ1) is 17.5. The second-order valence-electron chi connectivity index (χ2n) is 7.09. The number of phenolic OH excluding ortho intramolecular Hbond substituents is 1. The quantitative estimate of drug-likeness (QED) is 0.665. The number of benzene rings is 2. The van der Waals surface area contributed by atoms with Gasteiger partial charge in [-0.1, -0.05) is 24.3 Å². The molecular formula is C21H24N4O2. The van der Waals surface area contributed by atoms with Crippen molar-refractivity contribution in [1.29, 1.82) is 0 Å². The van der Waals surface area contributed by atoms with Crippen LogP contribution in [0, 0.1) is 6.92 Å². The van der Waals surface area contributed by atoms with Gasteiger partial charge in [0.05, 0.1) is 11.0 Å². The molecule has 0 radical (unpaired) electrons. The van der Waals surface area contributed by atoms with Gasteiger partial charge in [-0.05, 0) is 36.2 Å². The number of piperazine rings is 1. The highest BCUT2D eigenvalue weighted by Crippen LogP contribution is 2.21. The summed E-state index contributed by atoms with van der Waals surface area (Å²) < 4.78 is 0. The number of nitrogens with one attached hydrogen (secondary N) is 2. The smallest absolute Gasteiger partial charge is 0.223 e. The lowest BCUT2D eigenvalue weighted by molar-refractivity contribution is -0.132. The van der Waals surface area contributed by atoms with Gasteiger partial charge < -0.3 is 20.3 Å². The fourth-order valence-electron chi connectivity index (χ4n) is 3.63. The number of phenols is 1. The zero-order valence-corrected chi connectivity index (χ0v) is 15.4. The van der Waals surface area contributed by atoms with E-state index in [-0.39, 0.29) is 17.7 Å². The number of aromatic hydroxyl groups is 1. The van der Waals surface area contributed by atoms with Crippen molar-refractivity contribution in [3.05, 3.63) is 59.4 Å². The van der Waals surface area contributed by atoms with Crippen LogP contribution in [0.15, 0.2) is 42.5 Å². The normalized spacial score (nSPS) is 17.4. The Labute approximate surface area is 158 Å². The third-order valence-corrected chi connectivity index (χ3v) is 5.16. The Morgan fingerprint density at radius 1 is 1.26 bits per heavy atom. The average molecular weight is 364 g/mol. The molecule has 6 nitrogen and oxygen atoms in total. The minimum absolute atomic E-state index is 0.0946. The number of carbonyl (C=O) groups excluding carboxylic acids is 1. The van der Waals surface area contributed by atoms with Crippen LogP contribution in [0.5, 0.6) is 5.75 Å². The van der Waals surface area contributed by atoms with E-state index in [1.54, 1.807) is 12.1 Å². The molecule has 3 aromatic rings. The Morgan fingerprint density at radius 2 is 2.07 bits per heavy atom. The SMILES string of the molecule is Cc1cccc2[nH]c(CCC(=O)N3CCNC(c4ccc(O)cc4)C3)nc12. The van der Waals surface area contributed by atoms with Crippen molar-refractivity contribution in [3.63, 3.8) is 0 Å². The fourth-order valence-corrected chi connectivity index (χ4v) is 3.63. The van der Waals surface area contributed by atoms with Crippen molar-refractivity contribution in [2.45, 2.75) is 25.8 Å². The summed E-state index contributed by atoms with van der Waals surface area (Å²) >= 11 is 0. The first-order valence-electron chi connectivity index (χ1n) is 9.34. The Morgan fingerprint density at radius 3 is 2.85 bits per heavy atom. The lowest BCUT2D eigenvalue weighted by Gasteiger charge is -2.34. The molecule has 0 spiro atoms. The largest absolute Gasteiger partial charge is 0.508 e. The molecule has 1 fully saturated rings. The molecule has 1 atom stereocenters. The minimum Gasteiger partial charge on any atom is -0.508 e. The maximum Gasteiger partial charge on any atom is 0.223 e. The molecule has 4 rings (SSSR count). The number of rotatable bonds is 4. The highest BCUT2D eigenvalue weighted by atomic mass is 16.3. The van der Waals surface area contributed by atoms with E-state index in [0.717, 1.165) is 34.5 Å². The number of para-hydroxylation sites is 1. The number of carbonyl (C=O) groups is 1. The summed E-state index contributed by atoms with van der Waals surface area (Å²) in [6, 6.07) is 13.3. The summed E-state index contributed by atoms with van der Waals surface area (Å²) in [6.07, 6.45) is 1.06. The Kier molecular flexibility index (Phi) is 4.81. The molecule has 1 aromatic heterocycles. The van der Waals surface area contributed by atoms with Crippen LogP contribution in [-0.2, 0) is 11.2 Å². The predicted molar refractivity (Wildman–Crippen MR) is 105 cm³/mol. The van der Waals surface area contributed by atoms with E-state index in [2.05, 4.69) is 15.3 Å². The van der Waals surface area contributed by atoms with Crippen LogP contribution in [0.25, 0.3) is 11.0 Å². The van der Waals surface area contributed by atoms with Gasteiger partial charge in [-0.2, -0.15) is 0 Å². The summed E-state index contributed by atoms with van der Waals surface area (Å²) in [5, 5.41) is 12.9. The van der Waals surface area contributed by atoms with E-state index < -0.39 is 0 Å². The molecule has 1 aliphatic heterocycles. The standard InChI is InChI=1S/C21H24N4O2/c1-14-3-2-4-17-21(14)24-19(23-17)9-10-20(27)25-12-11-22-18(13-25)15-5-7-16(26)8-6-15/h2-8,18,22,26H,9-13H2,1H3,(H,23,24). The van der Waals surface area contributed by atoms with Gasteiger partial charge in [0.15, 0.2) is 0 Å². The van der Waals surface area contributed by atoms with E-state index in [0.29, 0.717) is 25.9 Å². The van der Waals surface area contributed by atoms with Crippen LogP contribution in [0.4, 0.5) is 0 Å². The molecular weight excluding hydrogens is 340 g/mol. The van der Waals surface area contributed by atoms with Crippen LogP contribution in [-0.4, -0.2) is 45.5 Å². The molecule has 1 aliphatic rings. The van der Waals surface area contributed by atoms with Gasteiger partial charge in [-0.25, -0.2) is 4.98 Å². The number of hydrogen-bond donors (Lipinski definition) is 3. The molecule has 0 bridgehead atoms. The number of fused-ring (bicyclic) bond motifs is 1. The summed E-state index contributed by atoms with van der Waals surface area (Å²) in [6.45, 7) is 4.17. The van der Waals surface area contributed by atoms with E-state index in [9.17, 15) is 9.90 Å². The van der Waals surface area contributed by atoms with Crippen LogP contribution in [0.3, 0.4) is 0 Å². The topological polar surface area (TPSA) is 81.2 Å². The van der Waals surface area contributed by atoms with Crippen LogP contribution in [0.2, 0.25) is 0 Å². The van der Waals surface area contributed by atoms with Gasteiger partial charge in [0.25, 0.3) is 0 Å². The van der Waals surface area contributed by atoms with Gasteiger partial charge in [0.1, 0.15) is 11.6 Å². The molecule has 1 saturated heterocycles. The van der Waals surface area contributed by atoms with E-state index in [1.165, 1.54) is 0 Å². The second kappa shape index (κ2) is 7.40. The van der Waals surface area contributed by atoms with Crippen molar-refractivity contribution in [1.82, 2.24) is 20.2 Å². The summed E-state index contributed by atoms with van der Waals surface area (Å²) in [5.41, 5.74) is 4.22. The van der Waals surface area contributed by atoms with Crippen molar-refractivity contribution in [2.75, 3.05) is 19.6 Å². The highest BCUT2D eigenvalue weighted by molar-refractivity contribution is 5.79. The van der Waals surface area contributed by atoms with Gasteiger partial charge in [-0.15, -0.1) is 0 Å². The fraction of sp³-hybridized carbons (Fsp3) is 0.333. The van der Waals surface area contributed by atoms with E-state index in [1.807, 2.05) is 42.2 Å². The van der Waals surface area contributed by atoms with Crippen LogP contribution in [0.1, 0.15) is 29.4 Å². The number of nitrogens with zero attached hydrogens (tertiary/aromatic N) is 2. The lowest BCUT2D eigenvalue weighted by Crippen LogP contribution is -2.48. The number of amides is 1. The minimum atomic E-state index is 0.0946. The molecule has 0 aliphatic carbocycles. The van der Waals surface area contributed by atoms with Gasteiger partial charge in [0, 0.05) is 38.5 Å². The average Bonchev–Trinajstić information content (AvgIpc) is 3.11. The van der Waals surface area contributed by atoms with Gasteiger partial charge in [-0.3, -0.25) is 4.79 Å². The molecule has 6 heteroatoms. The van der Waals surface area contributed by atoms with Crippen LogP contribution < -0.4 is 5.32 Å². The highest BCUT2D eigenvalue weighted by Gasteiger charge is 2.24. The monoisotopic (exact) mass is 364 g/mol. The molecule has 27 heavy (non-hydrogen) atoms. The Balaban J connectivity index is 1.38. The number of aryl methyl sites for hydroxylation is 2. The number of hydrogen-bond acceptors (Lipinski definition) is 4. The van der Waals surface area contributed by atoms with Gasteiger partial charge in [0.2, 0.25) is 5.91 Å². The Bertz CT molecular complexity index is 948. The molecule has 3 N–H and O–H groups in total. The summed E-state index contributed by atoms with van der Waals surface area (Å²) in [5.74, 6) is 1.26. The van der Waals surface area contributed by atoms with Crippen molar-refractivity contribution < 1.29 is 9.90 Å². The van der Waals surface area contributed by atoms with Crippen LogP contribution >= 0.6 is 0 Å². The molecule has 1 unspecified atom stereocenters. The molecule has 2 aromatic carbocycles. The van der Waals surface area contributed by atoms with E-state index >= 15 is 0 Å². The molecule has 1 amide bonds. The zero-order valence-electron chi connectivity index (χ0n) is 15.4. The number of H-pyrrole nitrogens is 1. The third kappa shape index (κ3) is 3.80. The van der Waals surface area contributed by atoms with Gasteiger partial charge >= 0.3 is 0 Å². The molecule has 0 saturated carbocycles. The molecule has 2 heterocycles. The summed E-state index contributed by atoms with van der Waals surface area (Å²) in [4.78, 5) is 22.6. The molecule has 140 valence electrons. The number of aromatic nitrogens is 2. The van der Waals surface area contributed by atoms with Crippen molar-refractivity contribution in [2.24, 2.45) is 0 Å². The summed E-state index contributed by atoms with van der Waals surface area (Å²) in [7, 11) is 0. The van der Waals surface area contributed by atoms with E-state index in [4.69, 9.17) is 0 Å². The zero-order chi connectivity index (χ0) is 18.8. The van der Waals surface area contributed by atoms with Crippen molar-refractivity contribution >= 4 is 16.9 Å².